The van der Waals surface area contributed by atoms with Crippen molar-refractivity contribution in [2.45, 2.75) is 0 Å². The molecule has 0 saturated heterocycles. The van der Waals surface area contributed by atoms with Gasteiger partial charge in [-0.2, -0.15) is 0 Å². The summed E-state index contributed by atoms with van der Waals surface area (Å²) in [7, 11) is 0. The summed E-state index contributed by atoms with van der Waals surface area (Å²) in [4.78, 5) is 20.2. The van der Waals surface area contributed by atoms with Gasteiger partial charge < -0.3 is 0 Å². The number of thiophene rings is 1. The molecule has 5 nitrogen and oxygen atoms in total. The van der Waals surface area contributed by atoms with Gasteiger partial charge in [-0.25, -0.2) is 19.9 Å². The lowest BCUT2D eigenvalue weighted by Gasteiger charge is -2.12. The zero-order chi connectivity index (χ0) is 27.6. The van der Waals surface area contributed by atoms with Gasteiger partial charge in [0, 0.05) is 43.4 Å². The average molecular weight is 556 g/mol. The van der Waals surface area contributed by atoms with Crippen molar-refractivity contribution in [3.63, 3.8) is 0 Å². The molecular formula is C36H21N5S. The minimum absolute atomic E-state index is 0.650. The molecule has 0 aliphatic rings. The van der Waals surface area contributed by atoms with E-state index in [1.807, 2.05) is 24.4 Å². The molecule has 42 heavy (non-hydrogen) atoms. The van der Waals surface area contributed by atoms with Crippen LogP contribution in [0, 0.1) is 0 Å². The fourth-order valence-corrected chi connectivity index (χ4v) is 7.07. The van der Waals surface area contributed by atoms with Crippen LogP contribution in [-0.4, -0.2) is 24.5 Å². The summed E-state index contributed by atoms with van der Waals surface area (Å²) < 4.78 is 3.39. The Balaban J connectivity index is 1.32. The first-order valence-corrected chi connectivity index (χ1v) is 14.6. The van der Waals surface area contributed by atoms with E-state index in [9.17, 15) is 0 Å². The Hall–Kier alpha value is -5.46. The maximum atomic E-state index is 5.28. The van der Waals surface area contributed by atoms with E-state index in [1.54, 1.807) is 17.7 Å². The van der Waals surface area contributed by atoms with Crippen LogP contribution in [-0.2, 0) is 0 Å². The second-order valence-electron chi connectivity index (χ2n) is 10.4. The zero-order valence-corrected chi connectivity index (χ0v) is 23.1. The third-order valence-electron chi connectivity index (χ3n) is 8.00. The predicted octanol–water partition coefficient (Wildman–Crippen LogP) is 9.22. The summed E-state index contributed by atoms with van der Waals surface area (Å²) in [6, 6.07) is 40.4. The average Bonchev–Trinajstić information content (AvgIpc) is 3.58. The van der Waals surface area contributed by atoms with E-state index in [0.29, 0.717) is 5.95 Å². The molecule has 0 radical (unpaired) electrons. The number of rotatable bonds is 3. The second-order valence-corrected chi connectivity index (χ2v) is 11.4. The third-order valence-corrected chi connectivity index (χ3v) is 9.08. The van der Waals surface area contributed by atoms with E-state index in [2.05, 4.69) is 112 Å². The van der Waals surface area contributed by atoms with Crippen molar-refractivity contribution in [3.8, 4) is 28.3 Å². The number of fused-ring (bicyclic) bond motifs is 7. The van der Waals surface area contributed by atoms with E-state index < -0.39 is 0 Å². The van der Waals surface area contributed by atoms with Crippen LogP contribution in [0.3, 0.4) is 0 Å². The van der Waals surface area contributed by atoms with Gasteiger partial charge in [0.05, 0.1) is 22.2 Å². The summed E-state index contributed by atoms with van der Waals surface area (Å²) in [5.41, 5.74) is 7.39. The summed E-state index contributed by atoms with van der Waals surface area (Å²) >= 11 is 1.70. The van der Waals surface area contributed by atoms with Gasteiger partial charge in [0.2, 0.25) is 5.95 Å². The highest BCUT2D eigenvalue weighted by atomic mass is 32.1. The fraction of sp³-hybridized carbons (Fsp3) is 0. The van der Waals surface area contributed by atoms with Gasteiger partial charge in [0.1, 0.15) is 11.2 Å². The van der Waals surface area contributed by atoms with Crippen molar-refractivity contribution in [1.82, 2.24) is 24.5 Å². The lowest BCUT2D eigenvalue weighted by Crippen LogP contribution is -2.03. The molecule has 9 aromatic rings. The normalized spacial score (nSPS) is 11.8. The second kappa shape index (κ2) is 9.03. The summed E-state index contributed by atoms with van der Waals surface area (Å²) in [6.07, 6.45) is 3.52. The van der Waals surface area contributed by atoms with Crippen LogP contribution in [0.4, 0.5) is 0 Å². The van der Waals surface area contributed by atoms with Crippen LogP contribution < -0.4 is 0 Å². The Labute approximate surface area is 244 Å². The molecule has 0 bridgehead atoms. The van der Waals surface area contributed by atoms with E-state index >= 15 is 0 Å². The molecule has 0 amide bonds. The van der Waals surface area contributed by atoms with Crippen molar-refractivity contribution in [1.29, 1.82) is 0 Å². The summed E-state index contributed by atoms with van der Waals surface area (Å²) in [6.45, 7) is 0. The fourth-order valence-electron chi connectivity index (χ4n) is 6.03. The molecule has 0 spiro atoms. The molecule has 9 rings (SSSR count). The van der Waals surface area contributed by atoms with Gasteiger partial charge in [-0.15, -0.1) is 11.3 Å². The van der Waals surface area contributed by atoms with E-state index in [0.717, 1.165) is 48.8 Å². The van der Waals surface area contributed by atoms with Gasteiger partial charge in [-0.3, -0.25) is 4.57 Å². The Bertz CT molecular complexity index is 2460. The minimum Gasteiger partial charge on any atom is -0.278 e. The summed E-state index contributed by atoms with van der Waals surface area (Å²) in [5.74, 6) is 0.650. The first-order chi connectivity index (χ1) is 20.8. The third kappa shape index (κ3) is 3.49. The maximum absolute atomic E-state index is 5.28. The molecule has 196 valence electrons. The number of benzene rings is 5. The van der Waals surface area contributed by atoms with Crippen LogP contribution in [0.25, 0.3) is 81.3 Å². The highest BCUT2D eigenvalue weighted by Crippen LogP contribution is 2.40. The molecule has 0 atom stereocenters. The van der Waals surface area contributed by atoms with Crippen molar-refractivity contribution in [2.75, 3.05) is 0 Å². The van der Waals surface area contributed by atoms with E-state index in [4.69, 9.17) is 9.97 Å². The molecular weight excluding hydrogens is 534 g/mol. The predicted molar refractivity (Wildman–Crippen MR) is 173 cm³/mol. The Kier molecular flexibility index (Phi) is 5.00. The van der Waals surface area contributed by atoms with Crippen LogP contribution >= 0.6 is 11.3 Å². The van der Waals surface area contributed by atoms with Crippen LogP contribution in [0.15, 0.2) is 128 Å². The molecule has 0 unspecified atom stereocenters. The van der Waals surface area contributed by atoms with Crippen molar-refractivity contribution in [2.24, 2.45) is 0 Å². The van der Waals surface area contributed by atoms with Crippen LogP contribution in [0.1, 0.15) is 0 Å². The molecule has 0 aliphatic heterocycles. The molecule has 4 aromatic heterocycles. The molecule has 4 heterocycles. The van der Waals surface area contributed by atoms with Crippen LogP contribution in [0.5, 0.6) is 0 Å². The SMILES string of the molecule is c1ccc(-c2ccc(-c3nc(-n4c5ccccc5c5cc6sc7ncncc7c6cc54)nc4ccccc34)cc2)cc1. The lowest BCUT2D eigenvalue weighted by molar-refractivity contribution is 1.01. The van der Waals surface area contributed by atoms with Gasteiger partial charge in [0.25, 0.3) is 0 Å². The standard InChI is InChI=1S/C36H21N5S/c1-2-8-22(9-3-1)23-14-16-24(17-15-23)34-26-11-4-6-12-30(26)39-36(40-34)41-31-13-7-5-10-25(31)27-19-33-28(18-32(27)41)29-20-37-21-38-35(29)42-33/h1-21H. The van der Waals surface area contributed by atoms with Crippen molar-refractivity contribution in [3.05, 3.63) is 128 Å². The Morgan fingerprint density at radius 1 is 0.548 bits per heavy atom. The smallest absolute Gasteiger partial charge is 0.235 e. The molecule has 0 fully saturated rings. The highest BCUT2D eigenvalue weighted by molar-refractivity contribution is 7.25. The number of hydrogen-bond acceptors (Lipinski definition) is 5. The van der Waals surface area contributed by atoms with Gasteiger partial charge in [-0.1, -0.05) is 91.0 Å². The largest absolute Gasteiger partial charge is 0.278 e. The molecule has 0 N–H and O–H groups in total. The van der Waals surface area contributed by atoms with Crippen molar-refractivity contribution >= 4 is 64.3 Å². The van der Waals surface area contributed by atoms with E-state index in [1.165, 1.54) is 26.6 Å². The number of para-hydroxylation sites is 2. The lowest BCUT2D eigenvalue weighted by atomic mass is 10.0. The number of aromatic nitrogens is 5. The van der Waals surface area contributed by atoms with Crippen molar-refractivity contribution < 1.29 is 0 Å². The molecule has 0 aliphatic carbocycles. The van der Waals surface area contributed by atoms with Gasteiger partial charge in [0.15, 0.2) is 0 Å². The first-order valence-electron chi connectivity index (χ1n) is 13.8. The molecule has 5 aromatic carbocycles. The summed E-state index contributed by atoms with van der Waals surface area (Å²) in [5, 5.41) is 5.57. The first kappa shape index (κ1) is 23.3. The zero-order valence-electron chi connectivity index (χ0n) is 22.3. The minimum atomic E-state index is 0.650. The molecule has 0 saturated carbocycles. The van der Waals surface area contributed by atoms with Crippen LogP contribution in [0.2, 0.25) is 0 Å². The number of nitrogens with zero attached hydrogens (tertiary/aromatic N) is 5. The van der Waals surface area contributed by atoms with Gasteiger partial charge in [-0.05, 0) is 35.4 Å². The molecule has 6 heteroatoms. The Morgan fingerprint density at radius 2 is 1.29 bits per heavy atom. The topological polar surface area (TPSA) is 56.5 Å². The van der Waals surface area contributed by atoms with Gasteiger partial charge >= 0.3 is 0 Å². The highest BCUT2D eigenvalue weighted by Gasteiger charge is 2.19. The number of hydrogen-bond donors (Lipinski definition) is 0. The quantitative estimate of drug-likeness (QED) is 0.218. The monoisotopic (exact) mass is 555 g/mol. The Morgan fingerprint density at radius 3 is 2.17 bits per heavy atom. The maximum Gasteiger partial charge on any atom is 0.235 e. The van der Waals surface area contributed by atoms with E-state index in [-0.39, 0.29) is 0 Å².